The molecule has 0 bridgehead atoms. The number of halogens is 3. The lowest BCUT2D eigenvalue weighted by Gasteiger charge is -2.14. The molecular formula is C28H28F3N2+. The number of alkyl halides is 3. The smallest absolute Gasteiger partial charge is 0.195 e. The predicted octanol–water partition coefficient (Wildman–Crippen LogP) is 7.29. The van der Waals surface area contributed by atoms with E-state index in [9.17, 15) is 13.2 Å². The second kappa shape index (κ2) is 8.22. The van der Waals surface area contributed by atoms with Gasteiger partial charge in [-0.2, -0.15) is 22.3 Å². The second-order valence-electron chi connectivity index (χ2n) is 8.93. The summed E-state index contributed by atoms with van der Waals surface area (Å²) in [6.07, 6.45) is -0.377. The Morgan fingerprint density at radius 2 is 1.18 bits per heavy atom. The molecule has 0 saturated heterocycles. The summed E-state index contributed by atoms with van der Waals surface area (Å²) < 4.78 is 43.9. The standard InChI is InChI=1S/C28H28F3N2/c1-17-13-19(3)25(20(4)14-17)32-11-12-33(26-21(5)15-18(2)16-22(26)6)27(32)23-7-9-24(10-8-23)28(29,30)31/h7-16H,1-6H3/q+1. The Morgan fingerprint density at radius 3 is 1.67 bits per heavy atom. The van der Waals surface area contributed by atoms with Gasteiger partial charge in [-0.1, -0.05) is 35.4 Å². The number of imidazole rings is 1. The molecule has 1 heterocycles. The lowest BCUT2D eigenvalue weighted by molar-refractivity contribution is -0.583. The van der Waals surface area contributed by atoms with Crippen LogP contribution in [-0.2, 0) is 6.18 Å². The van der Waals surface area contributed by atoms with Crippen molar-refractivity contribution in [2.45, 2.75) is 47.7 Å². The van der Waals surface area contributed by atoms with Crippen molar-refractivity contribution in [1.29, 1.82) is 0 Å². The number of hydrogen-bond acceptors (Lipinski definition) is 0. The third kappa shape index (κ3) is 4.20. The number of hydrogen-bond donors (Lipinski definition) is 0. The normalized spacial score (nSPS) is 11.8. The van der Waals surface area contributed by atoms with E-state index in [1.54, 1.807) is 12.1 Å². The summed E-state index contributed by atoms with van der Waals surface area (Å²) in [5, 5.41) is 0. The van der Waals surface area contributed by atoms with Crippen molar-refractivity contribution in [3.8, 4) is 22.8 Å². The summed E-state index contributed by atoms with van der Waals surface area (Å²) >= 11 is 0. The van der Waals surface area contributed by atoms with Crippen LogP contribution < -0.4 is 4.57 Å². The van der Waals surface area contributed by atoms with E-state index in [1.807, 2.05) is 12.4 Å². The summed E-state index contributed by atoms with van der Waals surface area (Å²) in [7, 11) is 0. The van der Waals surface area contributed by atoms with Crippen molar-refractivity contribution < 1.29 is 17.7 Å². The average Bonchev–Trinajstić information content (AvgIpc) is 3.10. The van der Waals surface area contributed by atoms with E-state index in [2.05, 4.69) is 74.9 Å². The predicted molar refractivity (Wildman–Crippen MR) is 126 cm³/mol. The molecule has 0 saturated carbocycles. The van der Waals surface area contributed by atoms with E-state index in [4.69, 9.17) is 0 Å². The highest BCUT2D eigenvalue weighted by molar-refractivity contribution is 5.61. The van der Waals surface area contributed by atoms with Crippen molar-refractivity contribution in [2.75, 3.05) is 0 Å². The minimum atomic E-state index is -4.37. The van der Waals surface area contributed by atoms with Crippen molar-refractivity contribution >= 4 is 0 Å². The fourth-order valence-electron chi connectivity index (χ4n) is 4.94. The van der Waals surface area contributed by atoms with E-state index in [0.29, 0.717) is 5.56 Å². The molecule has 4 aromatic rings. The Bertz CT molecular complexity index is 1220. The largest absolute Gasteiger partial charge is 0.416 e. The molecule has 5 heteroatoms. The Balaban J connectivity index is 2.03. The maximum absolute atomic E-state index is 13.2. The van der Waals surface area contributed by atoms with Crippen molar-refractivity contribution in [1.82, 2.24) is 4.57 Å². The number of benzene rings is 3. The Morgan fingerprint density at radius 1 is 0.697 bits per heavy atom. The van der Waals surface area contributed by atoms with Crippen LogP contribution in [0.25, 0.3) is 22.8 Å². The van der Waals surface area contributed by atoms with Gasteiger partial charge in [-0.15, -0.1) is 0 Å². The van der Waals surface area contributed by atoms with Gasteiger partial charge in [-0.05, 0) is 88.1 Å². The molecule has 0 unspecified atom stereocenters. The zero-order chi connectivity index (χ0) is 24.1. The first kappa shape index (κ1) is 22.8. The molecule has 33 heavy (non-hydrogen) atoms. The Kier molecular flexibility index (Phi) is 5.69. The summed E-state index contributed by atoms with van der Waals surface area (Å²) in [5.74, 6) is 0.814. The van der Waals surface area contributed by atoms with Gasteiger partial charge in [-0.3, -0.25) is 0 Å². The summed E-state index contributed by atoms with van der Waals surface area (Å²) in [6.45, 7) is 12.4. The van der Waals surface area contributed by atoms with Gasteiger partial charge in [0.1, 0.15) is 23.8 Å². The van der Waals surface area contributed by atoms with Gasteiger partial charge in [0.15, 0.2) is 0 Å². The third-order valence-electron chi connectivity index (χ3n) is 6.04. The fourth-order valence-corrected chi connectivity index (χ4v) is 4.94. The zero-order valence-electron chi connectivity index (χ0n) is 19.8. The Hall–Kier alpha value is -3.34. The van der Waals surface area contributed by atoms with Crippen LogP contribution in [0.15, 0.2) is 60.9 Å². The van der Waals surface area contributed by atoms with Crippen LogP contribution in [0, 0.1) is 41.5 Å². The van der Waals surface area contributed by atoms with Gasteiger partial charge in [0.2, 0.25) is 0 Å². The van der Waals surface area contributed by atoms with Gasteiger partial charge in [0, 0.05) is 0 Å². The van der Waals surface area contributed by atoms with E-state index in [-0.39, 0.29) is 0 Å². The molecule has 0 aliphatic heterocycles. The van der Waals surface area contributed by atoms with Gasteiger partial charge in [-0.25, -0.2) is 0 Å². The fraction of sp³-hybridized carbons (Fsp3) is 0.250. The molecule has 0 aliphatic carbocycles. The maximum Gasteiger partial charge on any atom is 0.416 e. The van der Waals surface area contributed by atoms with Gasteiger partial charge >= 0.3 is 6.18 Å². The van der Waals surface area contributed by atoms with E-state index in [1.165, 1.54) is 11.1 Å². The first-order valence-electron chi connectivity index (χ1n) is 10.9. The highest BCUT2D eigenvalue weighted by Crippen LogP contribution is 2.32. The molecule has 0 atom stereocenters. The van der Waals surface area contributed by atoms with Crippen LogP contribution in [0.2, 0.25) is 0 Å². The summed E-state index contributed by atoms with van der Waals surface area (Å²) in [4.78, 5) is 0. The van der Waals surface area contributed by atoms with Gasteiger partial charge < -0.3 is 0 Å². The molecule has 170 valence electrons. The van der Waals surface area contributed by atoms with Crippen LogP contribution >= 0.6 is 0 Å². The van der Waals surface area contributed by atoms with E-state index in [0.717, 1.165) is 51.6 Å². The second-order valence-corrected chi connectivity index (χ2v) is 8.93. The number of rotatable bonds is 3. The van der Waals surface area contributed by atoms with Crippen LogP contribution in [0.4, 0.5) is 13.2 Å². The van der Waals surface area contributed by atoms with Crippen LogP contribution in [-0.4, -0.2) is 4.57 Å². The zero-order valence-corrected chi connectivity index (χ0v) is 19.8. The average molecular weight is 450 g/mol. The summed E-state index contributed by atoms with van der Waals surface area (Å²) in [5.41, 5.74) is 8.94. The summed E-state index contributed by atoms with van der Waals surface area (Å²) in [6, 6.07) is 13.9. The van der Waals surface area contributed by atoms with E-state index < -0.39 is 11.7 Å². The third-order valence-corrected chi connectivity index (χ3v) is 6.04. The van der Waals surface area contributed by atoms with E-state index >= 15 is 0 Å². The van der Waals surface area contributed by atoms with Crippen LogP contribution in [0.3, 0.4) is 0 Å². The monoisotopic (exact) mass is 449 g/mol. The minimum absolute atomic E-state index is 0.652. The molecule has 0 aliphatic rings. The lowest BCUT2D eigenvalue weighted by atomic mass is 10.0. The highest BCUT2D eigenvalue weighted by atomic mass is 19.4. The van der Waals surface area contributed by atoms with Crippen LogP contribution in [0.5, 0.6) is 0 Å². The molecule has 0 fully saturated rings. The minimum Gasteiger partial charge on any atom is -0.195 e. The molecular weight excluding hydrogens is 421 g/mol. The first-order valence-corrected chi connectivity index (χ1v) is 10.9. The number of aryl methyl sites for hydroxylation is 6. The Labute approximate surface area is 193 Å². The highest BCUT2D eigenvalue weighted by Gasteiger charge is 2.32. The molecule has 0 N–H and O–H groups in total. The van der Waals surface area contributed by atoms with Crippen molar-refractivity contribution in [3.05, 3.63) is 99.9 Å². The molecule has 0 amide bonds. The number of aromatic nitrogens is 2. The van der Waals surface area contributed by atoms with Gasteiger partial charge in [0.05, 0.1) is 11.1 Å². The molecule has 1 aromatic heterocycles. The molecule has 0 radical (unpaired) electrons. The molecule has 0 spiro atoms. The van der Waals surface area contributed by atoms with Crippen molar-refractivity contribution in [3.63, 3.8) is 0 Å². The van der Waals surface area contributed by atoms with Gasteiger partial charge in [0.25, 0.3) is 5.82 Å². The number of nitrogens with zero attached hydrogens (tertiary/aromatic N) is 2. The quantitative estimate of drug-likeness (QED) is 0.290. The molecule has 3 aromatic carbocycles. The lowest BCUT2D eigenvalue weighted by Crippen LogP contribution is -2.34. The molecule has 2 nitrogen and oxygen atoms in total. The molecule has 4 rings (SSSR count). The maximum atomic E-state index is 13.2. The first-order chi connectivity index (χ1) is 15.5. The van der Waals surface area contributed by atoms with Crippen molar-refractivity contribution in [2.24, 2.45) is 0 Å². The van der Waals surface area contributed by atoms with Crippen LogP contribution in [0.1, 0.15) is 38.9 Å². The SMILES string of the molecule is Cc1cc(C)c(-n2cc[n+](-c3c(C)cc(C)cc3C)c2-c2ccc(C(F)(F)F)cc2)c(C)c1. The topological polar surface area (TPSA) is 8.81 Å².